The molecule has 0 fully saturated rings. The Kier molecular flexibility index (Phi) is 4.64. The average molecular weight is 426 g/mol. The molecule has 0 atom stereocenters. The standard InChI is InChI=1S/C22H17Cl2N3O2/c23-20-17-9-10-27(11-19(17)25-21(24)26-20)22(28)29-12-18-15-7-3-1-5-13(15)14-6-2-4-8-16(14)18/h1-8,18H,9-12H2. The van der Waals surface area contributed by atoms with Gasteiger partial charge < -0.3 is 9.64 Å². The maximum atomic E-state index is 12.8. The van der Waals surface area contributed by atoms with Crippen molar-refractivity contribution in [1.29, 1.82) is 0 Å². The maximum absolute atomic E-state index is 12.8. The number of hydrogen-bond acceptors (Lipinski definition) is 4. The lowest BCUT2D eigenvalue weighted by Gasteiger charge is -2.28. The summed E-state index contributed by atoms with van der Waals surface area (Å²) in [5, 5.41) is 0.440. The molecule has 1 aromatic heterocycles. The first-order chi connectivity index (χ1) is 14.1. The van der Waals surface area contributed by atoms with Crippen LogP contribution in [0.4, 0.5) is 4.79 Å². The molecule has 2 aliphatic rings. The highest BCUT2D eigenvalue weighted by molar-refractivity contribution is 6.32. The SMILES string of the molecule is O=C(OCC1c2ccccc2-c2ccccc21)N1CCc2c(Cl)nc(Cl)nc2C1. The monoisotopic (exact) mass is 425 g/mol. The summed E-state index contributed by atoms with van der Waals surface area (Å²) in [7, 11) is 0. The lowest BCUT2D eigenvalue weighted by Crippen LogP contribution is -2.37. The molecule has 0 saturated heterocycles. The van der Waals surface area contributed by atoms with Crippen molar-refractivity contribution in [3.63, 3.8) is 0 Å². The summed E-state index contributed by atoms with van der Waals surface area (Å²) in [5.74, 6) is 0.0367. The number of aromatic nitrogens is 2. The number of carbonyl (C=O) groups is 1. The molecule has 1 aliphatic carbocycles. The molecule has 5 rings (SSSR count). The van der Waals surface area contributed by atoms with E-state index < -0.39 is 0 Å². The number of halogens is 2. The van der Waals surface area contributed by atoms with E-state index in [0.29, 0.717) is 37.0 Å². The van der Waals surface area contributed by atoms with Gasteiger partial charge in [0, 0.05) is 18.0 Å². The molecule has 2 heterocycles. The van der Waals surface area contributed by atoms with E-state index in [0.717, 1.165) is 5.56 Å². The van der Waals surface area contributed by atoms with Gasteiger partial charge in [0.25, 0.3) is 0 Å². The molecule has 0 radical (unpaired) electrons. The second-order valence-electron chi connectivity index (χ2n) is 7.18. The van der Waals surface area contributed by atoms with Gasteiger partial charge in [0.05, 0.1) is 12.2 Å². The number of nitrogens with zero attached hydrogens (tertiary/aromatic N) is 3. The molecule has 0 N–H and O–H groups in total. The molecule has 0 unspecified atom stereocenters. The van der Waals surface area contributed by atoms with Gasteiger partial charge in [0.2, 0.25) is 5.28 Å². The number of amides is 1. The zero-order chi connectivity index (χ0) is 20.0. The van der Waals surface area contributed by atoms with Gasteiger partial charge in [-0.2, -0.15) is 0 Å². The Morgan fingerprint density at radius 2 is 1.69 bits per heavy atom. The molecule has 29 heavy (non-hydrogen) atoms. The molecule has 2 aromatic carbocycles. The Balaban J connectivity index is 1.33. The molecule has 1 aliphatic heterocycles. The fraction of sp³-hybridized carbons (Fsp3) is 0.227. The van der Waals surface area contributed by atoms with Gasteiger partial charge in [-0.1, -0.05) is 60.1 Å². The molecule has 0 spiro atoms. The van der Waals surface area contributed by atoms with Gasteiger partial charge in [-0.05, 0) is 40.3 Å². The number of fused-ring (bicyclic) bond motifs is 4. The molecule has 0 saturated carbocycles. The van der Waals surface area contributed by atoms with Crippen LogP contribution in [0.25, 0.3) is 11.1 Å². The van der Waals surface area contributed by atoms with E-state index >= 15 is 0 Å². The van der Waals surface area contributed by atoms with Crippen LogP contribution in [0.1, 0.15) is 28.3 Å². The van der Waals surface area contributed by atoms with Crippen molar-refractivity contribution in [2.24, 2.45) is 0 Å². The fourth-order valence-corrected chi connectivity index (χ4v) is 4.71. The number of hydrogen-bond donors (Lipinski definition) is 0. The summed E-state index contributed by atoms with van der Waals surface area (Å²) in [6, 6.07) is 16.6. The molecule has 7 heteroatoms. The minimum absolute atomic E-state index is 0.0367. The second kappa shape index (κ2) is 7.32. The molecule has 3 aromatic rings. The second-order valence-corrected chi connectivity index (χ2v) is 7.88. The van der Waals surface area contributed by atoms with E-state index in [1.807, 2.05) is 24.3 Å². The van der Waals surface area contributed by atoms with E-state index in [1.54, 1.807) is 4.90 Å². The van der Waals surface area contributed by atoms with Crippen LogP contribution in [-0.2, 0) is 17.7 Å². The van der Waals surface area contributed by atoms with E-state index in [-0.39, 0.29) is 17.3 Å². The van der Waals surface area contributed by atoms with Gasteiger partial charge in [-0.15, -0.1) is 0 Å². The van der Waals surface area contributed by atoms with Crippen molar-refractivity contribution in [1.82, 2.24) is 14.9 Å². The third-order valence-electron chi connectivity index (χ3n) is 5.58. The lowest BCUT2D eigenvalue weighted by atomic mass is 9.98. The van der Waals surface area contributed by atoms with Crippen molar-refractivity contribution in [3.8, 4) is 11.1 Å². The lowest BCUT2D eigenvalue weighted by molar-refractivity contribution is 0.0947. The Morgan fingerprint density at radius 3 is 2.38 bits per heavy atom. The summed E-state index contributed by atoms with van der Waals surface area (Å²) in [5.41, 5.74) is 6.32. The van der Waals surface area contributed by atoms with Gasteiger partial charge in [0.15, 0.2) is 0 Å². The van der Waals surface area contributed by atoms with Crippen LogP contribution in [0.3, 0.4) is 0 Å². The third kappa shape index (κ3) is 3.24. The van der Waals surface area contributed by atoms with E-state index in [1.165, 1.54) is 22.3 Å². The van der Waals surface area contributed by atoms with Gasteiger partial charge >= 0.3 is 6.09 Å². The largest absolute Gasteiger partial charge is 0.448 e. The predicted octanol–water partition coefficient (Wildman–Crippen LogP) is 5.09. The normalized spacial score (nSPS) is 14.9. The van der Waals surface area contributed by atoms with E-state index in [2.05, 4.69) is 34.2 Å². The summed E-state index contributed by atoms with van der Waals surface area (Å²) >= 11 is 12.1. The number of ether oxygens (including phenoxy) is 1. The number of benzene rings is 2. The van der Waals surface area contributed by atoms with Crippen LogP contribution in [-0.4, -0.2) is 34.1 Å². The van der Waals surface area contributed by atoms with Crippen LogP contribution >= 0.6 is 23.2 Å². The maximum Gasteiger partial charge on any atom is 0.410 e. The van der Waals surface area contributed by atoms with Crippen LogP contribution < -0.4 is 0 Å². The Labute approximate surface area is 178 Å². The minimum Gasteiger partial charge on any atom is -0.448 e. The van der Waals surface area contributed by atoms with Gasteiger partial charge in [-0.25, -0.2) is 14.8 Å². The summed E-state index contributed by atoms with van der Waals surface area (Å²) < 4.78 is 5.73. The molecular weight excluding hydrogens is 409 g/mol. The molecule has 146 valence electrons. The first kappa shape index (κ1) is 18.4. The Morgan fingerprint density at radius 1 is 1.03 bits per heavy atom. The first-order valence-electron chi connectivity index (χ1n) is 9.42. The van der Waals surface area contributed by atoms with Crippen molar-refractivity contribution >= 4 is 29.3 Å². The van der Waals surface area contributed by atoms with E-state index in [4.69, 9.17) is 27.9 Å². The Bertz CT molecular complexity index is 1070. The highest BCUT2D eigenvalue weighted by Gasteiger charge is 2.31. The van der Waals surface area contributed by atoms with Crippen LogP contribution in [0.15, 0.2) is 48.5 Å². The molecule has 1 amide bonds. The van der Waals surface area contributed by atoms with Gasteiger partial charge in [0.1, 0.15) is 11.8 Å². The Hall–Kier alpha value is -2.63. The highest BCUT2D eigenvalue weighted by atomic mass is 35.5. The topological polar surface area (TPSA) is 55.3 Å². The number of carbonyl (C=O) groups excluding carboxylic acids is 1. The van der Waals surface area contributed by atoms with E-state index in [9.17, 15) is 4.79 Å². The smallest absolute Gasteiger partial charge is 0.410 e. The quantitative estimate of drug-likeness (QED) is 0.423. The van der Waals surface area contributed by atoms with Crippen LogP contribution in [0.5, 0.6) is 0 Å². The summed E-state index contributed by atoms with van der Waals surface area (Å²) in [6.07, 6.45) is 0.221. The van der Waals surface area contributed by atoms with Crippen molar-refractivity contribution in [3.05, 3.63) is 81.4 Å². The summed E-state index contributed by atoms with van der Waals surface area (Å²) in [4.78, 5) is 22.6. The molecule has 0 bridgehead atoms. The third-order valence-corrected chi connectivity index (χ3v) is 6.06. The van der Waals surface area contributed by atoms with Gasteiger partial charge in [-0.3, -0.25) is 0 Å². The molecular formula is C22H17Cl2N3O2. The van der Waals surface area contributed by atoms with Crippen molar-refractivity contribution in [2.75, 3.05) is 13.2 Å². The fourth-order valence-electron chi connectivity index (χ4n) is 4.20. The number of rotatable bonds is 2. The zero-order valence-corrected chi connectivity index (χ0v) is 17.0. The first-order valence-corrected chi connectivity index (χ1v) is 10.2. The summed E-state index contributed by atoms with van der Waals surface area (Å²) in [6.45, 7) is 1.11. The average Bonchev–Trinajstić information content (AvgIpc) is 3.05. The predicted molar refractivity (Wildman–Crippen MR) is 111 cm³/mol. The zero-order valence-electron chi connectivity index (χ0n) is 15.4. The molecule has 5 nitrogen and oxygen atoms in total. The van der Waals surface area contributed by atoms with Crippen LogP contribution in [0.2, 0.25) is 10.4 Å². The van der Waals surface area contributed by atoms with Crippen molar-refractivity contribution in [2.45, 2.75) is 18.9 Å². The van der Waals surface area contributed by atoms with Crippen molar-refractivity contribution < 1.29 is 9.53 Å². The minimum atomic E-state index is -0.358. The highest BCUT2D eigenvalue weighted by Crippen LogP contribution is 2.44. The van der Waals surface area contributed by atoms with Crippen LogP contribution in [0, 0.1) is 0 Å².